The lowest BCUT2D eigenvalue weighted by atomic mass is 9.90. The molecule has 1 atom stereocenters. The minimum Gasteiger partial charge on any atom is -0.379 e. The van der Waals surface area contributed by atoms with Crippen molar-refractivity contribution in [3.05, 3.63) is 71.3 Å². The second-order valence-electron chi connectivity index (χ2n) is 9.99. The molecule has 1 fully saturated rings. The quantitative estimate of drug-likeness (QED) is 0.512. The molecule has 1 unspecified atom stereocenters. The number of sulfone groups is 1. The lowest BCUT2D eigenvalue weighted by Gasteiger charge is -2.36. The summed E-state index contributed by atoms with van der Waals surface area (Å²) in [7, 11) is -3.28. The normalized spacial score (nSPS) is 18.7. The van der Waals surface area contributed by atoms with Crippen molar-refractivity contribution in [1.82, 2.24) is 19.7 Å². The summed E-state index contributed by atoms with van der Waals surface area (Å²) < 4.78 is 30.5. The first-order valence-corrected chi connectivity index (χ1v) is 14.7. The van der Waals surface area contributed by atoms with E-state index in [9.17, 15) is 13.2 Å². The van der Waals surface area contributed by atoms with E-state index >= 15 is 0 Å². The molecule has 3 aromatic rings. The molecule has 1 amide bonds. The molecule has 2 aliphatic rings. The molecule has 5 rings (SSSR count). The van der Waals surface area contributed by atoms with Gasteiger partial charge in [0, 0.05) is 31.6 Å². The molecule has 200 valence electrons. The van der Waals surface area contributed by atoms with Crippen molar-refractivity contribution in [1.29, 1.82) is 0 Å². The lowest BCUT2D eigenvalue weighted by Crippen LogP contribution is -2.43. The van der Waals surface area contributed by atoms with Gasteiger partial charge in [0.1, 0.15) is 0 Å². The van der Waals surface area contributed by atoms with Gasteiger partial charge < -0.3 is 10.1 Å². The number of benzene rings is 1. The summed E-state index contributed by atoms with van der Waals surface area (Å²) in [5.74, 6) is -0.277. The third-order valence-electron chi connectivity index (χ3n) is 7.26. The molecule has 3 heterocycles. The fraction of sp³-hybridized carbons (Fsp3) is 0.393. The molecule has 10 heteroatoms. The first-order chi connectivity index (χ1) is 18.2. The van der Waals surface area contributed by atoms with Crippen molar-refractivity contribution in [3.8, 4) is 5.69 Å². The fourth-order valence-corrected chi connectivity index (χ4v) is 5.78. The third-order valence-corrected chi connectivity index (χ3v) is 8.39. The minimum atomic E-state index is -3.28. The monoisotopic (exact) mass is 535 g/mol. The highest BCUT2D eigenvalue weighted by atomic mass is 32.2. The zero-order valence-electron chi connectivity index (χ0n) is 22.0. The van der Waals surface area contributed by atoms with E-state index in [1.807, 2.05) is 13.0 Å². The van der Waals surface area contributed by atoms with E-state index in [1.54, 1.807) is 36.1 Å². The Morgan fingerprint density at radius 3 is 2.50 bits per heavy atom. The molecule has 1 aliphatic carbocycles. The molecule has 1 saturated heterocycles. The van der Waals surface area contributed by atoms with Crippen molar-refractivity contribution in [2.24, 2.45) is 0 Å². The summed E-state index contributed by atoms with van der Waals surface area (Å²) in [6.45, 7) is 7.44. The number of amides is 1. The van der Waals surface area contributed by atoms with Crippen LogP contribution < -0.4 is 5.32 Å². The Labute approximate surface area is 223 Å². The van der Waals surface area contributed by atoms with Crippen LogP contribution in [0.4, 0.5) is 5.69 Å². The largest absolute Gasteiger partial charge is 0.379 e. The molecular formula is C28H33N5O4S. The summed E-state index contributed by atoms with van der Waals surface area (Å²) in [5.41, 5.74) is 5.58. The number of carbonyl (C=O) groups excluding carboxylic acids is 1. The summed E-state index contributed by atoms with van der Waals surface area (Å²) in [5, 5.41) is 7.38. The zero-order chi connectivity index (χ0) is 26.9. The van der Waals surface area contributed by atoms with Gasteiger partial charge in [-0.2, -0.15) is 5.10 Å². The van der Waals surface area contributed by atoms with Crippen LogP contribution in [0.1, 0.15) is 46.6 Å². The van der Waals surface area contributed by atoms with Crippen molar-refractivity contribution in [2.75, 3.05) is 37.9 Å². The van der Waals surface area contributed by atoms with Crippen LogP contribution in [0.2, 0.25) is 0 Å². The van der Waals surface area contributed by atoms with Gasteiger partial charge in [-0.15, -0.1) is 0 Å². The van der Waals surface area contributed by atoms with Crippen LogP contribution in [0, 0.1) is 13.8 Å². The van der Waals surface area contributed by atoms with E-state index in [2.05, 4.69) is 21.4 Å². The van der Waals surface area contributed by atoms with Gasteiger partial charge in [-0.05, 0) is 74.6 Å². The number of rotatable bonds is 6. The Bertz CT molecular complexity index is 1470. The number of morpholine rings is 1. The summed E-state index contributed by atoms with van der Waals surface area (Å²) in [6.07, 6.45) is 9.97. The highest BCUT2D eigenvalue weighted by Gasteiger charge is 2.24. The van der Waals surface area contributed by atoms with Crippen LogP contribution in [-0.4, -0.2) is 72.6 Å². The fourth-order valence-electron chi connectivity index (χ4n) is 5.15. The topological polar surface area (TPSA) is 106 Å². The number of ether oxygens (including phenoxy) is 1. The summed E-state index contributed by atoms with van der Waals surface area (Å²) in [6, 6.07) is 8.92. The van der Waals surface area contributed by atoms with Gasteiger partial charge in [-0.25, -0.2) is 13.1 Å². The summed E-state index contributed by atoms with van der Waals surface area (Å²) in [4.78, 5) is 20.5. The van der Waals surface area contributed by atoms with Crippen molar-refractivity contribution in [2.45, 2.75) is 44.0 Å². The molecule has 1 aromatic carbocycles. The maximum atomic E-state index is 13.1. The number of anilines is 1. The predicted octanol–water partition coefficient (Wildman–Crippen LogP) is 3.81. The number of carbonyl (C=O) groups is 1. The second kappa shape index (κ2) is 10.8. The molecule has 0 bridgehead atoms. The first-order valence-electron chi connectivity index (χ1n) is 12.8. The minimum absolute atomic E-state index is 0.232. The highest BCUT2D eigenvalue weighted by Crippen LogP contribution is 2.31. The van der Waals surface area contributed by atoms with E-state index in [-0.39, 0.29) is 10.8 Å². The van der Waals surface area contributed by atoms with Gasteiger partial charge in [0.2, 0.25) is 0 Å². The molecule has 0 spiro atoms. The maximum absolute atomic E-state index is 13.1. The Morgan fingerprint density at radius 1 is 1.13 bits per heavy atom. The number of allylic oxidation sites excluding steroid dienone is 1. The maximum Gasteiger partial charge on any atom is 0.259 e. The number of hydrogen-bond donors (Lipinski definition) is 1. The second-order valence-corrected chi connectivity index (χ2v) is 12.0. The van der Waals surface area contributed by atoms with E-state index in [4.69, 9.17) is 9.72 Å². The van der Waals surface area contributed by atoms with E-state index in [1.165, 1.54) is 24.0 Å². The van der Waals surface area contributed by atoms with Crippen LogP contribution in [0.25, 0.3) is 11.3 Å². The first kappa shape index (κ1) is 26.3. The van der Waals surface area contributed by atoms with Gasteiger partial charge in [0.25, 0.3) is 5.91 Å². The van der Waals surface area contributed by atoms with Crippen LogP contribution >= 0.6 is 0 Å². The van der Waals surface area contributed by atoms with Gasteiger partial charge >= 0.3 is 0 Å². The van der Waals surface area contributed by atoms with Crippen molar-refractivity contribution >= 4 is 27.0 Å². The molecule has 0 radical (unpaired) electrons. The SMILES string of the molecule is Cc1cc(NC(=O)c2cn(-c3ccc(S(C)(=O)=O)cc3)nc2C)cnc1C1=CCC(N2CCOCC2)CC1. The van der Waals surface area contributed by atoms with E-state index < -0.39 is 9.84 Å². The summed E-state index contributed by atoms with van der Waals surface area (Å²) >= 11 is 0. The Kier molecular flexibility index (Phi) is 7.47. The zero-order valence-corrected chi connectivity index (χ0v) is 22.8. The molecule has 9 nitrogen and oxygen atoms in total. The highest BCUT2D eigenvalue weighted by molar-refractivity contribution is 7.90. The molecule has 1 aliphatic heterocycles. The van der Waals surface area contributed by atoms with E-state index in [0.29, 0.717) is 28.7 Å². The number of hydrogen-bond acceptors (Lipinski definition) is 7. The number of aryl methyl sites for hydroxylation is 2. The Hall–Kier alpha value is -3.34. The van der Waals surface area contributed by atoms with Crippen LogP contribution in [-0.2, 0) is 14.6 Å². The molecule has 38 heavy (non-hydrogen) atoms. The number of pyridine rings is 1. The predicted molar refractivity (Wildman–Crippen MR) is 146 cm³/mol. The van der Waals surface area contributed by atoms with Crippen LogP contribution in [0.3, 0.4) is 0 Å². The number of nitrogens with one attached hydrogen (secondary N) is 1. The average molecular weight is 536 g/mol. The van der Waals surface area contributed by atoms with Crippen molar-refractivity contribution in [3.63, 3.8) is 0 Å². The van der Waals surface area contributed by atoms with E-state index in [0.717, 1.165) is 56.8 Å². The van der Waals surface area contributed by atoms with Crippen LogP contribution in [0.15, 0.2) is 53.7 Å². The standard InChI is InChI=1S/C28H33N5O4S/c1-19-16-22(17-29-27(19)21-4-6-23(7-5-21)32-12-14-37-15-13-32)30-28(34)26-18-33(31-20(26)2)24-8-10-25(11-9-24)38(3,35)36/h4,8-11,16-18,23H,5-7,12-15H2,1-3H3,(H,30,34). The molecule has 1 N–H and O–H groups in total. The smallest absolute Gasteiger partial charge is 0.259 e. The Morgan fingerprint density at radius 2 is 1.87 bits per heavy atom. The van der Waals surface area contributed by atoms with Gasteiger partial charge in [-0.3, -0.25) is 14.7 Å². The van der Waals surface area contributed by atoms with Crippen molar-refractivity contribution < 1.29 is 17.9 Å². The van der Waals surface area contributed by atoms with Gasteiger partial charge in [0.15, 0.2) is 9.84 Å². The third kappa shape index (κ3) is 5.72. The number of nitrogens with zero attached hydrogens (tertiary/aromatic N) is 4. The molecule has 0 saturated carbocycles. The van der Waals surface area contributed by atoms with Gasteiger partial charge in [-0.1, -0.05) is 6.08 Å². The van der Waals surface area contributed by atoms with Crippen LogP contribution in [0.5, 0.6) is 0 Å². The number of aromatic nitrogens is 3. The molecule has 2 aromatic heterocycles. The lowest BCUT2D eigenvalue weighted by molar-refractivity contribution is 0.0150. The molecular weight excluding hydrogens is 502 g/mol. The Balaban J connectivity index is 1.26. The van der Waals surface area contributed by atoms with Gasteiger partial charge in [0.05, 0.1) is 52.6 Å². The average Bonchev–Trinajstić information content (AvgIpc) is 3.31.